The maximum absolute atomic E-state index is 15.1. The number of rotatable bonds is 11. The smallest absolute Gasteiger partial charge is 0.414 e. The van der Waals surface area contributed by atoms with Gasteiger partial charge in [-0.1, -0.05) is 0 Å². The summed E-state index contributed by atoms with van der Waals surface area (Å²) in [5, 5.41) is 3.21. The maximum atomic E-state index is 15.1. The monoisotopic (exact) mass is 719 g/mol. The van der Waals surface area contributed by atoms with Crippen LogP contribution in [0.1, 0.15) is 12.5 Å². The van der Waals surface area contributed by atoms with Crippen LogP contribution >= 0.6 is 27.8 Å². The van der Waals surface area contributed by atoms with Crippen molar-refractivity contribution in [2.24, 2.45) is 0 Å². The number of thiocarbonyl (C=S) groups is 1. The molecule has 3 amide bonds. The van der Waals surface area contributed by atoms with Gasteiger partial charge in [0.25, 0.3) is 0 Å². The molecule has 0 saturated carbocycles. The van der Waals surface area contributed by atoms with E-state index in [2.05, 4.69) is 10.6 Å². The number of carbonyl (C=O) groups excluding carboxylic acids is 3. The minimum absolute atomic E-state index is 0.115. The molecule has 0 spiro atoms. The maximum Gasteiger partial charge on any atom is 0.414 e. The average Bonchev–Trinajstić information content (AvgIpc) is 3.37. The first-order valence-electron chi connectivity index (χ1n) is 14.3. The van der Waals surface area contributed by atoms with Gasteiger partial charge in [0.1, 0.15) is 11.9 Å². The molecule has 2 aliphatic heterocycles. The number of cyclic esters (lactones) is 1. The Morgan fingerprint density at radius 3 is 2.36 bits per heavy atom. The van der Waals surface area contributed by atoms with E-state index in [9.17, 15) is 43.4 Å². The van der Waals surface area contributed by atoms with E-state index in [1.54, 1.807) is 21.9 Å². The molecule has 2 atom stereocenters. The molecule has 0 aliphatic carbocycles. The fourth-order valence-corrected chi connectivity index (χ4v) is 7.95. The Bertz CT molecular complexity index is 1530. The summed E-state index contributed by atoms with van der Waals surface area (Å²) in [6.45, 7) is 2.59. The number of anilines is 3. The molecule has 7 N–H and O–H groups in total. The second kappa shape index (κ2) is 15.2. The summed E-state index contributed by atoms with van der Waals surface area (Å²) in [5.74, 6) is -1.13. The number of nitrogens with one attached hydrogen (secondary N) is 2. The van der Waals surface area contributed by atoms with E-state index in [0.717, 1.165) is 0 Å². The van der Waals surface area contributed by atoms with Crippen LogP contribution in [-0.2, 0) is 30.0 Å². The van der Waals surface area contributed by atoms with Crippen LogP contribution in [0.3, 0.4) is 0 Å². The third kappa shape index (κ3) is 10.0. The first kappa shape index (κ1) is 36.4. The van der Waals surface area contributed by atoms with Crippen molar-refractivity contribution in [3.8, 4) is 0 Å². The Morgan fingerprint density at radius 2 is 1.79 bits per heavy atom. The SMILES string of the molecule is CC(=O)NC[C@H]1CN(c2ccc(N3CCN(C(=O)COC(=S)Nc4ccc(CC(P(=O)(O)O)[PH](O)(O)O)cc4)CC3)c(F)c2)C(=O)O1. The van der Waals surface area contributed by atoms with Gasteiger partial charge in [0, 0.05) is 33.1 Å². The molecule has 16 nitrogen and oxygen atoms in total. The summed E-state index contributed by atoms with van der Waals surface area (Å²) < 4.78 is 37.3. The van der Waals surface area contributed by atoms with Crippen LogP contribution in [0, 0.1) is 5.82 Å². The number of benzene rings is 2. The Hall–Kier alpha value is -3.47. The van der Waals surface area contributed by atoms with Gasteiger partial charge in [0.05, 0.1) is 24.5 Å². The average molecular weight is 720 g/mol. The van der Waals surface area contributed by atoms with Crippen molar-refractivity contribution in [2.45, 2.75) is 24.8 Å². The third-order valence-electron chi connectivity index (χ3n) is 7.48. The minimum Gasteiger partial charge on any atom is -0.442 e. The summed E-state index contributed by atoms with van der Waals surface area (Å²) in [6, 6.07) is 10.3. The third-order valence-corrected chi connectivity index (χ3v) is 11.8. The number of halogens is 1. The predicted octanol–water partition coefficient (Wildman–Crippen LogP) is 0.867. The number of carbonyl (C=O) groups is 3. The van der Waals surface area contributed by atoms with Gasteiger partial charge in [-0.3, -0.25) is 9.69 Å². The number of hydrogen-bond donors (Lipinski definition) is 7. The molecule has 1 unspecified atom stereocenters. The zero-order valence-corrected chi connectivity index (χ0v) is 27.8. The van der Waals surface area contributed by atoms with Crippen molar-refractivity contribution >= 4 is 67.9 Å². The molecular weight excluding hydrogens is 683 g/mol. The molecule has 2 fully saturated rings. The summed E-state index contributed by atoms with van der Waals surface area (Å²) in [6.07, 6.45) is -1.66. The van der Waals surface area contributed by atoms with E-state index in [1.165, 1.54) is 42.2 Å². The van der Waals surface area contributed by atoms with Gasteiger partial charge in [-0.05, 0) is 18.2 Å². The normalized spacial score (nSPS) is 18.0. The van der Waals surface area contributed by atoms with Gasteiger partial charge in [-0.2, -0.15) is 0 Å². The van der Waals surface area contributed by atoms with Crippen molar-refractivity contribution in [1.29, 1.82) is 0 Å². The van der Waals surface area contributed by atoms with Crippen LogP contribution in [0.15, 0.2) is 42.5 Å². The second-order valence-corrected chi connectivity index (χ2v) is 15.7. The van der Waals surface area contributed by atoms with Crippen LogP contribution in [0.2, 0.25) is 0 Å². The Morgan fingerprint density at radius 1 is 1.13 bits per heavy atom. The quantitative estimate of drug-likeness (QED) is 0.127. The van der Waals surface area contributed by atoms with Gasteiger partial charge in [0.15, 0.2) is 0 Å². The molecule has 2 aliphatic rings. The van der Waals surface area contributed by atoms with E-state index in [0.29, 0.717) is 48.8 Å². The molecule has 258 valence electrons. The molecular formula is C27H36FN5O11P2S. The van der Waals surface area contributed by atoms with Crippen LogP contribution < -0.4 is 20.4 Å². The first-order valence-corrected chi connectivity index (χ1v) is 18.3. The molecule has 2 aromatic carbocycles. The topological polar surface area (TPSA) is 222 Å². The molecule has 2 saturated heterocycles. The number of piperazine rings is 1. The number of ether oxygens (including phenoxy) is 2. The molecule has 0 radical (unpaired) electrons. The van der Waals surface area contributed by atoms with Gasteiger partial charge < -0.3 is 15.0 Å². The van der Waals surface area contributed by atoms with Gasteiger partial charge >= 0.3 is 148 Å². The van der Waals surface area contributed by atoms with Crippen molar-refractivity contribution in [3.05, 3.63) is 53.8 Å². The first-order chi connectivity index (χ1) is 22.0. The van der Waals surface area contributed by atoms with E-state index < -0.39 is 45.4 Å². The number of amides is 3. The molecule has 2 aromatic rings. The molecule has 2 heterocycles. The van der Waals surface area contributed by atoms with Crippen molar-refractivity contribution in [2.75, 3.05) is 61.0 Å². The minimum atomic E-state index is -5.12. The fraction of sp³-hybridized carbons (Fsp3) is 0.407. The number of hydrogen-bond acceptors (Lipinski definition) is 11. The Balaban J connectivity index is 1.22. The van der Waals surface area contributed by atoms with Crippen molar-refractivity contribution in [3.63, 3.8) is 0 Å². The van der Waals surface area contributed by atoms with Crippen LogP contribution in [0.4, 0.5) is 26.2 Å². The van der Waals surface area contributed by atoms with Crippen molar-refractivity contribution in [1.82, 2.24) is 10.2 Å². The molecule has 20 heteroatoms. The Labute approximate surface area is 274 Å². The molecule has 0 bridgehead atoms. The van der Waals surface area contributed by atoms with E-state index >= 15 is 4.39 Å². The fourth-order valence-electron chi connectivity index (χ4n) is 5.01. The van der Waals surface area contributed by atoms with Crippen LogP contribution in [0.5, 0.6) is 0 Å². The summed E-state index contributed by atoms with van der Waals surface area (Å²) in [5.41, 5.74) is 1.38. The Kier molecular flexibility index (Phi) is 11.7. The van der Waals surface area contributed by atoms with E-state index in [1.807, 2.05) is 0 Å². The molecule has 0 aromatic heterocycles. The standard InChI is InChI=1S/C27H36FN5O11P2S/c1-17(34)29-14-21-15-33(27(36)44-21)20-6-7-23(22(28)13-20)31-8-10-32(11-9-31)24(35)16-43-26(47)30-19-4-2-18(3-5-19)12-25(45(37,38)39)46(40,41)42/h2-7,13,21,25,37-39,45H,8-12,14-16H2,1H3,(H,29,34)(H,30,47)(H2,40,41,42)/t21-,25?/m0/s1. The zero-order chi connectivity index (χ0) is 34.5. The number of nitrogens with zero attached hydrogens (tertiary/aromatic N) is 3. The zero-order valence-electron chi connectivity index (χ0n) is 25.1. The summed E-state index contributed by atoms with van der Waals surface area (Å²) in [7, 11) is -10.1. The van der Waals surface area contributed by atoms with Gasteiger partial charge in [0.2, 0.25) is 5.91 Å². The van der Waals surface area contributed by atoms with Crippen LogP contribution in [-0.4, -0.2) is 110 Å². The van der Waals surface area contributed by atoms with Gasteiger partial charge in [-0.15, -0.1) is 0 Å². The van der Waals surface area contributed by atoms with E-state index in [-0.39, 0.29) is 36.7 Å². The van der Waals surface area contributed by atoms with Crippen LogP contribution in [0.25, 0.3) is 0 Å². The van der Waals surface area contributed by atoms with Crippen molar-refractivity contribution < 1.29 is 57.3 Å². The predicted molar refractivity (Wildman–Crippen MR) is 175 cm³/mol. The van der Waals surface area contributed by atoms with Gasteiger partial charge in [-0.25, -0.2) is 9.18 Å². The summed E-state index contributed by atoms with van der Waals surface area (Å²) in [4.78, 5) is 87.8. The second-order valence-electron chi connectivity index (χ2n) is 11.0. The largest absolute Gasteiger partial charge is 0.442 e. The van der Waals surface area contributed by atoms with E-state index in [4.69, 9.17) is 21.7 Å². The summed E-state index contributed by atoms with van der Waals surface area (Å²) >= 11 is 5.14. The molecule has 4 rings (SSSR count). The molecule has 47 heavy (non-hydrogen) atoms.